The second kappa shape index (κ2) is 9.19. The van der Waals surface area contributed by atoms with Gasteiger partial charge in [-0.2, -0.15) is 0 Å². The monoisotopic (exact) mass is 431 g/mol. The summed E-state index contributed by atoms with van der Waals surface area (Å²) in [5, 5.41) is 3.31. The number of ether oxygens (including phenoxy) is 2. The maximum absolute atomic E-state index is 12.7. The summed E-state index contributed by atoms with van der Waals surface area (Å²) in [6.07, 6.45) is 3.97. The standard InChI is InChI=1S/C25H38N2O4/c1-24(2)19-11-13-25(24,3)21(17-19)26-22(28)12-14-27(4,5)18-23(29)31-16-15-30-20-9-7-6-8-10-20/h6-10,19,21H,11-18H2,1-5H3/p+1/t19-,21+,25-/m1/s1. The molecule has 2 aliphatic rings. The summed E-state index contributed by atoms with van der Waals surface area (Å²) >= 11 is 0. The first-order valence-corrected chi connectivity index (χ1v) is 11.5. The van der Waals surface area contributed by atoms with Crippen molar-refractivity contribution < 1.29 is 23.5 Å². The third-order valence-electron chi connectivity index (χ3n) is 7.99. The maximum atomic E-state index is 12.7. The Labute approximate surface area is 186 Å². The van der Waals surface area contributed by atoms with E-state index in [1.54, 1.807) is 0 Å². The first kappa shape index (κ1) is 23.6. The van der Waals surface area contributed by atoms with Gasteiger partial charge in [0.25, 0.3) is 0 Å². The predicted octanol–water partition coefficient (Wildman–Crippen LogP) is 3.41. The molecule has 0 radical (unpaired) electrons. The fraction of sp³-hybridized carbons (Fsp3) is 0.680. The Hall–Kier alpha value is -2.08. The van der Waals surface area contributed by atoms with Crippen molar-refractivity contribution in [1.29, 1.82) is 0 Å². The molecule has 1 aromatic rings. The number of para-hydroxylation sites is 1. The molecule has 1 N–H and O–H groups in total. The van der Waals surface area contributed by atoms with Crippen LogP contribution in [0.3, 0.4) is 0 Å². The lowest BCUT2D eigenvalue weighted by atomic mass is 9.69. The zero-order valence-electron chi connectivity index (χ0n) is 19.8. The van der Waals surface area contributed by atoms with E-state index in [0.717, 1.165) is 12.2 Å². The average molecular weight is 432 g/mol. The second-order valence-electron chi connectivity index (χ2n) is 10.7. The van der Waals surface area contributed by atoms with Crippen LogP contribution in [-0.4, -0.2) is 62.8 Å². The Kier molecular flexibility index (Phi) is 6.99. The molecule has 0 aromatic heterocycles. The molecule has 0 aliphatic heterocycles. The van der Waals surface area contributed by atoms with Gasteiger partial charge in [0.15, 0.2) is 6.54 Å². The summed E-state index contributed by atoms with van der Waals surface area (Å²) in [6.45, 7) is 8.41. The SMILES string of the molecule is CC1(C)[C@@H]2CC[C@]1(C)[C@@H](NC(=O)CC[N+](C)(C)CC(=O)OCCOc1ccccc1)C2. The average Bonchev–Trinajstić information content (AvgIpc) is 3.04. The summed E-state index contributed by atoms with van der Waals surface area (Å²) in [6, 6.07) is 9.72. The van der Waals surface area contributed by atoms with Crippen molar-refractivity contribution in [2.75, 3.05) is 40.4 Å². The highest BCUT2D eigenvalue weighted by Gasteiger charge is 2.61. The molecule has 0 unspecified atom stereocenters. The van der Waals surface area contributed by atoms with E-state index in [-0.39, 0.29) is 41.9 Å². The number of quaternary nitrogens is 1. The van der Waals surface area contributed by atoms with E-state index in [0.29, 0.717) is 30.0 Å². The molecule has 1 aromatic carbocycles. The van der Waals surface area contributed by atoms with Gasteiger partial charge in [-0.25, -0.2) is 4.79 Å². The van der Waals surface area contributed by atoms with Gasteiger partial charge in [-0.3, -0.25) is 4.79 Å². The van der Waals surface area contributed by atoms with Gasteiger partial charge >= 0.3 is 5.97 Å². The first-order valence-electron chi connectivity index (χ1n) is 11.5. The quantitative estimate of drug-likeness (QED) is 0.350. The van der Waals surface area contributed by atoms with E-state index in [1.807, 2.05) is 44.4 Å². The van der Waals surface area contributed by atoms with Gasteiger partial charge < -0.3 is 19.3 Å². The third kappa shape index (κ3) is 5.40. The van der Waals surface area contributed by atoms with Crippen molar-refractivity contribution in [3.8, 4) is 5.75 Å². The lowest BCUT2D eigenvalue weighted by molar-refractivity contribution is -0.882. The van der Waals surface area contributed by atoms with E-state index < -0.39 is 0 Å². The second-order valence-corrected chi connectivity index (χ2v) is 10.7. The Morgan fingerprint density at radius 2 is 1.84 bits per heavy atom. The molecule has 31 heavy (non-hydrogen) atoms. The highest BCUT2D eigenvalue weighted by atomic mass is 16.6. The summed E-state index contributed by atoms with van der Waals surface area (Å²) in [5.74, 6) is 1.28. The lowest BCUT2D eigenvalue weighted by Gasteiger charge is -2.39. The molecule has 2 saturated carbocycles. The highest BCUT2D eigenvalue weighted by Crippen LogP contribution is 2.65. The van der Waals surface area contributed by atoms with Crippen LogP contribution in [0.4, 0.5) is 0 Å². The molecule has 2 aliphatic carbocycles. The Bertz CT molecular complexity index is 777. The number of rotatable bonds is 10. The van der Waals surface area contributed by atoms with Crippen molar-refractivity contribution in [2.24, 2.45) is 16.7 Å². The molecular weight excluding hydrogens is 392 g/mol. The highest BCUT2D eigenvalue weighted by molar-refractivity contribution is 5.76. The number of nitrogens with zero attached hydrogens (tertiary/aromatic N) is 1. The molecule has 2 fully saturated rings. The first-order chi connectivity index (χ1) is 14.5. The van der Waals surface area contributed by atoms with E-state index >= 15 is 0 Å². The van der Waals surface area contributed by atoms with Crippen LogP contribution in [0.25, 0.3) is 0 Å². The fourth-order valence-corrected chi connectivity index (χ4v) is 5.40. The topological polar surface area (TPSA) is 64.6 Å². The van der Waals surface area contributed by atoms with Crippen LogP contribution < -0.4 is 10.1 Å². The molecule has 0 saturated heterocycles. The summed E-state index contributed by atoms with van der Waals surface area (Å²) in [4.78, 5) is 24.9. The number of hydrogen-bond donors (Lipinski definition) is 1. The Morgan fingerprint density at radius 3 is 2.45 bits per heavy atom. The zero-order valence-corrected chi connectivity index (χ0v) is 19.8. The van der Waals surface area contributed by atoms with Gasteiger partial charge in [0, 0.05) is 6.04 Å². The summed E-state index contributed by atoms with van der Waals surface area (Å²) < 4.78 is 11.3. The Balaban J connectivity index is 1.35. The van der Waals surface area contributed by atoms with Crippen LogP contribution in [0.5, 0.6) is 5.75 Å². The van der Waals surface area contributed by atoms with Gasteiger partial charge in [0.2, 0.25) is 5.91 Å². The van der Waals surface area contributed by atoms with Crippen LogP contribution in [-0.2, 0) is 14.3 Å². The number of benzene rings is 1. The number of likely N-dealkylation sites (N-methyl/N-ethyl adjacent to an activating group) is 1. The van der Waals surface area contributed by atoms with Gasteiger partial charge in [-0.1, -0.05) is 39.0 Å². The minimum atomic E-state index is -0.274. The largest absolute Gasteiger partial charge is 0.490 e. The van der Waals surface area contributed by atoms with Crippen molar-refractivity contribution in [3.63, 3.8) is 0 Å². The van der Waals surface area contributed by atoms with E-state index in [1.165, 1.54) is 12.8 Å². The molecule has 3 atom stereocenters. The van der Waals surface area contributed by atoms with Gasteiger partial charge in [-0.15, -0.1) is 0 Å². The molecule has 1 amide bonds. The van der Waals surface area contributed by atoms with E-state index in [2.05, 4.69) is 26.1 Å². The van der Waals surface area contributed by atoms with Crippen LogP contribution >= 0.6 is 0 Å². The van der Waals surface area contributed by atoms with Crippen molar-refractivity contribution in [3.05, 3.63) is 30.3 Å². The lowest BCUT2D eigenvalue weighted by Crippen LogP contribution is -2.49. The molecule has 0 heterocycles. The summed E-state index contributed by atoms with van der Waals surface area (Å²) in [7, 11) is 3.91. The minimum absolute atomic E-state index is 0.0883. The molecule has 172 valence electrons. The van der Waals surface area contributed by atoms with Crippen molar-refractivity contribution >= 4 is 11.9 Å². The number of carbonyl (C=O) groups excluding carboxylic acids is 2. The molecule has 2 bridgehead atoms. The number of hydrogen-bond acceptors (Lipinski definition) is 4. The predicted molar refractivity (Wildman–Crippen MR) is 121 cm³/mol. The van der Waals surface area contributed by atoms with Crippen LogP contribution in [0.1, 0.15) is 46.5 Å². The summed E-state index contributed by atoms with van der Waals surface area (Å²) in [5.41, 5.74) is 0.470. The number of nitrogens with one attached hydrogen (secondary N) is 1. The van der Waals surface area contributed by atoms with Gasteiger partial charge in [0.05, 0.1) is 27.1 Å². The number of fused-ring (bicyclic) bond motifs is 2. The normalized spacial score (nSPS) is 26.5. The Morgan fingerprint density at radius 1 is 1.13 bits per heavy atom. The van der Waals surface area contributed by atoms with Crippen LogP contribution in [0.2, 0.25) is 0 Å². The maximum Gasteiger partial charge on any atom is 0.361 e. The van der Waals surface area contributed by atoms with Crippen LogP contribution in [0.15, 0.2) is 30.3 Å². The molecular formula is C25H39N2O4+. The zero-order chi connectivity index (χ0) is 22.7. The van der Waals surface area contributed by atoms with Gasteiger partial charge in [0.1, 0.15) is 19.0 Å². The van der Waals surface area contributed by atoms with E-state index in [4.69, 9.17) is 9.47 Å². The van der Waals surface area contributed by atoms with E-state index in [9.17, 15) is 9.59 Å². The molecule has 0 spiro atoms. The minimum Gasteiger partial charge on any atom is -0.490 e. The third-order valence-corrected chi connectivity index (χ3v) is 7.99. The number of esters is 1. The molecule has 3 rings (SSSR count). The molecule has 6 heteroatoms. The number of amides is 1. The molecule has 6 nitrogen and oxygen atoms in total. The fourth-order valence-electron chi connectivity index (χ4n) is 5.40. The van der Waals surface area contributed by atoms with Crippen molar-refractivity contribution in [2.45, 2.75) is 52.5 Å². The van der Waals surface area contributed by atoms with Crippen molar-refractivity contribution in [1.82, 2.24) is 5.32 Å². The number of carbonyl (C=O) groups is 2. The van der Waals surface area contributed by atoms with Crippen LogP contribution in [0, 0.1) is 16.7 Å². The van der Waals surface area contributed by atoms with Gasteiger partial charge in [-0.05, 0) is 48.1 Å². The smallest absolute Gasteiger partial charge is 0.361 e.